The van der Waals surface area contributed by atoms with Gasteiger partial charge in [-0.15, -0.1) is 0 Å². The van der Waals surface area contributed by atoms with E-state index in [0.717, 1.165) is 23.0 Å². The Balaban J connectivity index is 1.95. The lowest BCUT2D eigenvalue weighted by Gasteiger charge is -2.07. The van der Waals surface area contributed by atoms with Crippen LogP contribution in [0.25, 0.3) is 10.9 Å². The minimum Gasteiger partial charge on any atom is -0.340 e. The Morgan fingerprint density at radius 2 is 1.86 bits per heavy atom. The largest absolute Gasteiger partial charge is 0.340 e. The molecule has 0 radical (unpaired) electrons. The van der Waals surface area contributed by atoms with Crippen LogP contribution in [-0.2, 0) is 7.05 Å². The summed E-state index contributed by atoms with van der Waals surface area (Å²) in [6.45, 7) is 0. The number of benzene rings is 2. The summed E-state index contributed by atoms with van der Waals surface area (Å²) >= 11 is 0. The van der Waals surface area contributed by atoms with Gasteiger partial charge in [-0.2, -0.15) is 0 Å². The predicted molar refractivity (Wildman–Crippen MR) is 77.2 cm³/mol. The average Bonchev–Trinajstić information content (AvgIpc) is 2.80. The van der Waals surface area contributed by atoms with E-state index in [4.69, 9.17) is 0 Å². The molecule has 0 aliphatic heterocycles. The van der Waals surface area contributed by atoms with Crippen molar-refractivity contribution in [3.05, 3.63) is 65.9 Å². The predicted octanol–water partition coefficient (Wildman–Crippen LogP) is 3.71. The fourth-order valence-corrected chi connectivity index (χ4v) is 2.28. The molecule has 0 atom stereocenters. The van der Waals surface area contributed by atoms with Crippen molar-refractivity contribution in [3.63, 3.8) is 0 Å². The molecule has 3 rings (SSSR count). The topological polar surface area (TPSA) is 34.0 Å². The first-order chi connectivity index (χ1) is 10.1. The third kappa shape index (κ3) is 2.38. The first-order valence-corrected chi connectivity index (χ1v) is 6.37. The minimum atomic E-state index is -0.804. The number of carbonyl (C=O) groups is 1. The summed E-state index contributed by atoms with van der Waals surface area (Å²) in [6, 6.07) is 12.3. The first-order valence-electron chi connectivity index (χ1n) is 6.37. The van der Waals surface area contributed by atoms with Crippen molar-refractivity contribution in [2.24, 2.45) is 7.05 Å². The molecule has 0 saturated heterocycles. The number of nitrogens with one attached hydrogen (secondary N) is 1. The maximum absolute atomic E-state index is 13.6. The molecule has 21 heavy (non-hydrogen) atoms. The summed E-state index contributed by atoms with van der Waals surface area (Å²) in [5, 5.41) is 3.38. The fraction of sp³-hybridized carbons (Fsp3) is 0.0625. The molecule has 3 nitrogen and oxygen atoms in total. The first kappa shape index (κ1) is 13.3. The van der Waals surface area contributed by atoms with Crippen molar-refractivity contribution in [1.82, 2.24) is 4.57 Å². The summed E-state index contributed by atoms with van der Waals surface area (Å²) in [5.74, 6) is -1.93. The van der Waals surface area contributed by atoms with Gasteiger partial charge < -0.3 is 9.88 Å². The maximum Gasteiger partial charge on any atom is 0.272 e. The summed E-state index contributed by atoms with van der Waals surface area (Å²) in [6.07, 6.45) is 0. The number of nitrogens with zero attached hydrogens (tertiary/aromatic N) is 1. The van der Waals surface area contributed by atoms with E-state index in [1.54, 1.807) is 17.7 Å². The fourth-order valence-electron chi connectivity index (χ4n) is 2.28. The van der Waals surface area contributed by atoms with Gasteiger partial charge in [-0.25, -0.2) is 8.78 Å². The van der Waals surface area contributed by atoms with Crippen LogP contribution >= 0.6 is 0 Å². The zero-order valence-electron chi connectivity index (χ0n) is 11.2. The lowest BCUT2D eigenvalue weighted by molar-refractivity contribution is 0.101. The maximum atomic E-state index is 13.6. The second-order valence-corrected chi connectivity index (χ2v) is 4.73. The molecule has 0 saturated carbocycles. The molecule has 0 bridgehead atoms. The van der Waals surface area contributed by atoms with Crippen LogP contribution < -0.4 is 5.32 Å². The van der Waals surface area contributed by atoms with Gasteiger partial charge in [-0.05, 0) is 24.3 Å². The van der Waals surface area contributed by atoms with Crippen LogP contribution in [0.5, 0.6) is 0 Å². The SMILES string of the molecule is Cn1c(C(=O)Nc2ccc(F)cc2F)cc2ccccc21. The summed E-state index contributed by atoms with van der Waals surface area (Å²) < 4.78 is 28.2. The van der Waals surface area contributed by atoms with E-state index in [9.17, 15) is 13.6 Å². The van der Waals surface area contributed by atoms with Crippen molar-refractivity contribution in [3.8, 4) is 0 Å². The number of halogens is 2. The number of hydrogen-bond donors (Lipinski definition) is 1. The van der Waals surface area contributed by atoms with Gasteiger partial charge in [0.2, 0.25) is 0 Å². The molecular formula is C16H12F2N2O. The van der Waals surface area contributed by atoms with Crippen molar-refractivity contribution < 1.29 is 13.6 Å². The Morgan fingerprint density at radius 1 is 1.10 bits per heavy atom. The number of aromatic nitrogens is 1. The van der Waals surface area contributed by atoms with E-state index >= 15 is 0 Å². The van der Waals surface area contributed by atoms with E-state index < -0.39 is 17.5 Å². The number of hydrogen-bond acceptors (Lipinski definition) is 1. The number of para-hydroxylation sites is 1. The lowest BCUT2D eigenvalue weighted by atomic mass is 10.2. The molecule has 0 unspecified atom stereocenters. The van der Waals surface area contributed by atoms with Crippen LogP contribution in [0.4, 0.5) is 14.5 Å². The number of carbonyl (C=O) groups excluding carboxylic acids is 1. The van der Waals surface area contributed by atoms with Crippen LogP contribution in [0, 0.1) is 11.6 Å². The van der Waals surface area contributed by atoms with Crippen molar-refractivity contribution in [1.29, 1.82) is 0 Å². The van der Waals surface area contributed by atoms with E-state index in [2.05, 4.69) is 5.32 Å². The highest BCUT2D eigenvalue weighted by atomic mass is 19.1. The van der Waals surface area contributed by atoms with Crippen molar-refractivity contribution in [2.45, 2.75) is 0 Å². The van der Waals surface area contributed by atoms with Gasteiger partial charge in [0, 0.05) is 24.0 Å². The third-order valence-corrected chi connectivity index (χ3v) is 3.36. The molecule has 5 heteroatoms. The zero-order valence-corrected chi connectivity index (χ0v) is 11.2. The zero-order chi connectivity index (χ0) is 15.0. The monoisotopic (exact) mass is 286 g/mol. The molecule has 2 aromatic carbocycles. The van der Waals surface area contributed by atoms with E-state index in [1.165, 1.54) is 6.07 Å². The van der Waals surface area contributed by atoms with Gasteiger partial charge in [0.15, 0.2) is 0 Å². The number of anilines is 1. The second kappa shape index (κ2) is 5.01. The smallest absolute Gasteiger partial charge is 0.272 e. The summed E-state index contributed by atoms with van der Waals surface area (Å²) in [5.41, 5.74) is 1.26. The van der Waals surface area contributed by atoms with Gasteiger partial charge in [0.05, 0.1) is 5.69 Å². The van der Waals surface area contributed by atoms with Crippen LogP contribution in [0.1, 0.15) is 10.5 Å². The molecule has 0 aliphatic rings. The van der Waals surface area contributed by atoms with Gasteiger partial charge in [-0.1, -0.05) is 18.2 Å². The Labute approximate surface area is 119 Å². The quantitative estimate of drug-likeness (QED) is 0.765. The Hall–Kier alpha value is -2.69. The highest BCUT2D eigenvalue weighted by Gasteiger charge is 2.15. The van der Waals surface area contributed by atoms with E-state index in [-0.39, 0.29) is 5.69 Å². The second-order valence-electron chi connectivity index (χ2n) is 4.73. The van der Waals surface area contributed by atoms with E-state index in [0.29, 0.717) is 5.69 Å². The Bertz CT molecular complexity index is 839. The molecule has 106 valence electrons. The molecule has 1 amide bonds. The normalized spacial score (nSPS) is 10.8. The van der Waals surface area contributed by atoms with Crippen LogP contribution in [0.3, 0.4) is 0 Å². The van der Waals surface area contributed by atoms with Gasteiger partial charge in [-0.3, -0.25) is 4.79 Å². The highest BCUT2D eigenvalue weighted by molar-refractivity contribution is 6.06. The summed E-state index contributed by atoms with van der Waals surface area (Å²) in [4.78, 5) is 12.2. The molecule has 0 spiro atoms. The van der Waals surface area contributed by atoms with Crippen LogP contribution in [-0.4, -0.2) is 10.5 Å². The molecule has 0 fully saturated rings. The molecular weight excluding hydrogens is 274 g/mol. The number of aryl methyl sites for hydroxylation is 1. The molecule has 1 N–H and O–H groups in total. The Morgan fingerprint density at radius 3 is 2.57 bits per heavy atom. The van der Waals surface area contributed by atoms with Crippen LogP contribution in [0.2, 0.25) is 0 Å². The molecule has 0 aliphatic carbocycles. The molecule has 3 aromatic rings. The van der Waals surface area contributed by atoms with Gasteiger partial charge in [0.25, 0.3) is 5.91 Å². The van der Waals surface area contributed by atoms with Crippen molar-refractivity contribution in [2.75, 3.05) is 5.32 Å². The molecule has 1 aromatic heterocycles. The Kier molecular flexibility index (Phi) is 3.17. The average molecular weight is 286 g/mol. The number of fused-ring (bicyclic) bond motifs is 1. The highest BCUT2D eigenvalue weighted by Crippen LogP contribution is 2.20. The summed E-state index contributed by atoms with van der Waals surface area (Å²) in [7, 11) is 1.76. The van der Waals surface area contributed by atoms with Gasteiger partial charge in [0.1, 0.15) is 17.3 Å². The number of rotatable bonds is 2. The molecule has 1 heterocycles. The van der Waals surface area contributed by atoms with Gasteiger partial charge >= 0.3 is 0 Å². The standard InChI is InChI=1S/C16H12F2N2O/c1-20-14-5-3-2-4-10(14)8-15(20)16(21)19-13-7-6-11(17)9-12(13)18/h2-9H,1H3,(H,19,21). The lowest BCUT2D eigenvalue weighted by Crippen LogP contribution is -2.16. The van der Waals surface area contributed by atoms with Crippen LogP contribution in [0.15, 0.2) is 48.5 Å². The van der Waals surface area contributed by atoms with Crippen molar-refractivity contribution >= 4 is 22.5 Å². The third-order valence-electron chi connectivity index (χ3n) is 3.36. The minimum absolute atomic E-state index is 0.0494. The van der Waals surface area contributed by atoms with E-state index in [1.807, 2.05) is 24.3 Å². The number of amides is 1.